The Labute approximate surface area is 205 Å². The second kappa shape index (κ2) is 12.2. The van der Waals surface area contributed by atoms with E-state index in [1.807, 2.05) is 19.1 Å². The van der Waals surface area contributed by atoms with E-state index in [1.165, 1.54) is 23.1 Å². The summed E-state index contributed by atoms with van der Waals surface area (Å²) in [5.41, 5.74) is 1.40. The second-order valence-corrected chi connectivity index (χ2v) is 10.4. The summed E-state index contributed by atoms with van der Waals surface area (Å²) in [6, 6.07) is 5.64. The van der Waals surface area contributed by atoms with E-state index in [0.29, 0.717) is 46.4 Å². The van der Waals surface area contributed by atoms with E-state index in [1.54, 1.807) is 13.0 Å². The van der Waals surface area contributed by atoms with Gasteiger partial charge in [-0.2, -0.15) is 0 Å². The molecule has 2 aromatic rings. The average Bonchev–Trinajstić information content (AvgIpc) is 3.14. The zero-order valence-electron chi connectivity index (χ0n) is 17.9. The van der Waals surface area contributed by atoms with Crippen molar-refractivity contribution in [3.05, 3.63) is 44.4 Å². The van der Waals surface area contributed by atoms with Gasteiger partial charge >= 0.3 is 5.97 Å². The molecule has 1 atom stereocenters. The van der Waals surface area contributed by atoms with Gasteiger partial charge in [0.1, 0.15) is 0 Å². The average molecular weight is 518 g/mol. The monoisotopic (exact) mass is 517 g/mol. The largest absolute Gasteiger partial charge is 0.461 e. The van der Waals surface area contributed by atoms with Crippen LogP contribution in [0.1, 0.15) is 27.9 Å². The van der Waals surface area contributed by atoms with Crippen molar-refractivity contribution < 1.29 is 19.1 Å². The zero-order valence-corrected chi connectivity index (χ0v) is 21.0. The Kier molecular flexibility index (Phi) is 9.63. The molecule has 1 saturated heterocycles. The Balaban J connectivity index is 1.42. The molecular formula is C21H25Cl2N3O4S2. The Morgan fingerprint density at radius 2 is 2.19 bits per heavy atom. The molecule has 1 aliphatic rings. The van der Waals surface area contributed by atoms with Crippen molar-refractivity contribution in [3.8, 4) is 0 Å². The maximum atomic E-state index is 12.3. The predicted molar refractivity (Wildman–Crippen MR) is 128 cm³/mol. The number of benzene rings is 1. The smallest absolute Gasteiger partial charge is 0.358 e. The van der Waals surface area contributed by atoms with Gasteiger partial charge in [0.2, 0.25) is 5.91 Å². The SMILES string of the molecule is CCOC(=O)c1nc(SCC(=O)NCC2CN(Cc3ccc(Cl)c(Cl)c3)CCO2)sc1C. The summed E-state index contributed by atoms with van der Waals surface area (Å²) >= 11 is 14.8. The minimum absolute atomic E-state index is 0.0852. The molecular weight excluding hydrogens is 493 g/mol. The molecule has 1 aromatic heterocycles. The number of amides is 1. The summed E-state index contributed by atoms with van der Waals surface area (Å²) < 4.78 is 11.5. The van der Waals surface area contributed by atoms with E-state index in [9.17, 15) is 9.59 Å². The number of halogens is 2. The summed E-state index contributed by atoms with van der Waals surface area (Å²) in [5, 5.41) is 4.01. The van der Waals surface area contributed by atoms with Crippen molar-refractivity contribution in [3.63, 3.8) is 0 Å². The highest BCUT2D eigenvalue weighted by molar-refractivity contribution is 8.01. The van der Waals surface area contributed by atoms with Crippen LogP contribution in [0.25, 0.3) is 0 Å². The quantitative estimate of drug-likeness (QED) is 0.396. The number of ether oxygens (including phenoxy) is 2. The number of nitrogens with one attached hydrogen (secondary N) is 1. The van der Waals surface area contributed by atoms with Crippen LogP contribution in [-0.4, -0.2) is 66.5 Å². The normalized spacial score (nSPS) is 16.7. The van der Waals surface area contributed by atoms with Crippen LogP contribution < -0.4 is 5.32 Å². The van der Waals surface area contributed by atoms with Crippen LogP contribution in [0.15, 0.2) is 22.5 Å². The van der Waals surface area contributed by atoms with Crippen LogP contribution >= 0.6 is 46.3 Å². The third-order valence-electron chi connectivity index (χ3n) is 4.71. The number of hydrogen-bond acceptors (Lipinski definition) is 8. The molecule has 0 radical (unpaired) electrons. The van der Waals surface area contributed by atoms with Gasteiger partial charge in [-0.1, -0.05) is 41.0 Å². The van der Waals surface area contributed by atoms with Crippen molar-refractivity contribution in [1.29, 1.82) is 0 Å². The summed E-state index contributed by atoms with van der Waals surface area (Å²) in [6.07, 6.45) is -0.0852. The van der Waals surface area contributed by atoms with Gasteiger partial charge in [-0.25, -0.2) is 9.78 Å². The topological polar surface area (TPSA) is 80.8 Å². The first-order valence-corrected chi connectivity index (χ1v) is 12.7. The lowest BCUT2D eigenvalue weighted by Gasteiger charge is -2.33. The Morgan fingerprint density at radius 3 is 2.94 bits per heavy atom. The number of rotatable bonds is 9. The van der Waals surface area contributed by atoms with Gasteiger partial charge in [0.25, 0.3) is 0 Å². The Morgan fingerprint density at radius 1 is 1.38 bits per heavy atom. The fraction of sp³-hybridized carbons (Fsp3) is 0.476. The Bertz CT molecular complexity index is 957. The second-order valence-electron chi connectivity index (χ2n) is 7.17. The number of aryl methyl sites for hydroxylation is 1. The van der Waals surface area contributed by atoms with E-state index in [0.717, 1.165) is 23.5 Å². The van der Waals surface area contributed by atoms with Crippen molar-refractivity contribution in [1.82, 2.24) is 15.2 Å². The van der Waals surface area contributed by atoms with Crippen molar-refractivity contribution in [2.24, 2.45) is 0 Å². The van der Waals surface area contributed by atoms with Crippen LogP contribution in [0.4, 0.5) is 0 Å². The fourth-order valence-electron chi connectivity index (χ4n) is 3.17. The number of nitrogens with zero attached hydrogens (tertiary/aromatic N) is 2. The van der Waals surface area contributed by atoms with Gasteiger partial charge in [0.05, 0.1) is 35.1 Å². The zero-order chi connectivity index (χ0) is 23.1. The number of carbonyl (C=O) groups is 2. The number of carbonyl (C=O) groups excluding carboxylic acids is 2. The number of morpholine rings is 1. The van der Waals surface area contributed by atoms with Crippen LogP contribution in [0.5, 0.6) is 0 Å². The highest BCUT2D eigenvalue weighted by Crippen LogP contribution is 2.27. The molecule has 11 heteroatoms. The summed E-state index contributed by atoms with van der Waals surface area (Å²) in [7, 11) is 0. The molecule has 2 heterocycles. The lowest BCUT2D eigenvalue weighted by atomic mass is 10.2. The van der Waals surface area contributed by atoms with Gasteiger partial charge in [0, 0.05) is 31.1 Å². The van der Waals surface area contributed by atoms with Crippen molar-refractivity contribution in [2.75, 3.05) is 38.6 Å². The van der Waals surface area contributed by atoms with E-state index in [4.69, 9.17) is 32.7 Å². The van der Waals surface area contributed by atoms with E-state index >= 15 is 0 Å². The number of esters is 1. The van der Waals surface area contributed by atoms with Gasteiger partial charge < -0.3 is 14.8 Å². The fourth-order valence-corrected chi connectivity index (χ4v) is 5.42. The third kappa shape index (κ3) is 7.33. The molecule has 1 aliphatic heterocycles. The highest BCUT2D eigenvalue weighted by Gasteiger charge is 2.22. The number of aromatic nitrogens is 1. The van der Waals surface area contributed by atoms with Gasteiger partial charge in [-0.05, 0) is 31.5 Å². The molecule has 1 fully saturated rings. The van der Waals surface area contributed by atoms with Crippen LogP contribution in [0.2, 0.25) is 10.0 Å². The molecule has 174 valence electrons. The van der Waals surface area contributed by atoms with Crippen molar-refractivity contribution >= 4 is 58.2 Å². The Hall–Kier alpha value is -1.36. The van der Waals surface area contributed by atoms with Crippen LogP contribution in [0.3, 0.4) is 0 Å². The number of thiazole rings is 1. The number of hydrogen-bond donors (Lipinski definition) is 1. The molecule has 7 nitrogen and oxygen atoms in total. The molecule has 1 unspecified atom stereocenters. The standard InChI is InChI=1S/C21H25Cl2N3O4S2/c1-3-29-20(28)19-13(2)32-21(25-19)31-12-18(27)24-9-15-11-26(6-7-30-15)10-14-4-5-16(22)17(23)8-14/h4-5,8,15H,3,6-7,9-12H2,1-2H3,(H,24,27). The van der Waals surface area contributed by atoms with Crippen molar-refractivity contribution in [2.45, 2.75) is 30.8 Å². The first-order valence-electron chi connectivity index (χ1n) is 10.2. The van der Waals surface area contributed by atoms with Crippen LogP contribution in [0, 0.1) is 6.92 Å². The number of thioether (sulfide) groups is 1. The molecule has 0 bridgehead atoms. The van der Waals surface area contributed by atoms with Gasteiger partial charge in [-0.15, -0.1) is 11.3 Å². The van der Waals surface area contributed by atoms with E-state index in [2.05, 4.69) is 15.2 Å². The minimum atomic E-state index is -0.433. The van der Waals surface area contributed by atoms with E-state index < -0.39 is 5.97 Å². The lowest BCUT2D eigenvalue weighted by molar-refractivity contribution is -0.119. The molecule has 1 N–H and O–H groups in total. The molecule has 0 saturated carbocycles. The molecule has 0 aliphatic carbocycles. The maximum absolute atomic E-state index is 12.3. The van der Waals surface area contributed by atoms with Gasteiger partial charge in [0.15, 0.2) is 10.0 Å². The predicted octanol–water partition coefficient (Wildman–Crippen LogP) is 4.04. The first-order chi connectivity index (χ1) is 15.4. The summed E-state index contributed by atoms with van der Waals surface area (Å²) in [4.78, 5) is 31.5. The summed E-state index contributed by atoms with van der Waals surface area (Å²) in [6.45, 7) is 7.17. The highest BCUT2D eigenvalue weighted by atomic mass is 35.5. The van der Waals surface area contributed by atoms with Gasteiger partial charge in [-0.3, -0.25) is 9.69 Å². The summed E-state index contributed by atoms with van der Waals surface area (Å²) in [5.74, 6) is -0.322. The van der Waals surface area contributed by atoms with E-state index in [-0.39, 0.29) is 17.8 Å². The first kappa shape index (κ1) is 25.3. The molecule has 1 aromatic carbocycles. The third-order valence-corrected chi connectivity index (χ3v) is 7.57. The minimum Gasteiger partial charge on any atom is -0.461 e. The lowest BCUT2D eigenvalue weighted by Crippen LogP contribution is -2.47. The van der Waals surface area contributed by atoms with Crippen LogP contribution in [-0.2, 0) is 20.8 Å². The molecule has 1 amide bonds. The molecule has 0 spiro atoms. The molecule has 3 rings (SSSR count). The molecule has 32 heavy (non-hydrogen) atoms. The maximum Gasteiger partial charge on any atom is 0.358 e.